The van der Waals surface area contributed by atoms with Gasteiger partial charge < -0.3 is 15.8 Å². The Kier molecular flexibility index (Phi) is 4.53. The molecule has 0 aliphatic heterocycles. The molecule has 0 saturated heterocycles. The summed E-state index contributed by atoms with van der Waals surface area (Å²) in [6, 6.07) is 11.2. The predicted octanol–water partition coefficient (Wildman–Crippen LogP) is 4.47. The molecule has 2 rings (SSSR count). The van der Waals surface area contributed by atoms with Crippen molar-refractivity contribution in [1.29, 1.82) is 0 Å². The van der Waals surface area contributed by atoms with E-state index in [1.54, 1.807) is 19.2 Å². The Balaban J connectivity index is 2.28. The van der Waals surface area contributed by atoms with E-state index in [1.165, 1.54) is 0 Å². The number of ether oxygens (including phenoxy) is 1. The van der Waals surface area contributed by atoms with E-state index in [4.69, 9.17) is 33.7 Å². The molecule has 0 atom stereocenters. The van der Waals surface area contributed by atoms with Crippen molar-refractivity contribution in [2.24, 2.45) is 0 Å². The van der Waals surface area contributed by atoms with Crippen molar-refractivity contribution >= 4 is 40.3 Å². The minimum absolute atomic E-state index is 0.488. The molecule has 0 spiro atoms. The second-order valence-electron chi connectivity index (χ2n) is 4.12. The van der Waals surface area contributed by atoms with Gasteiger partial charge in [-0.05, 0) is 29.8 Å². The van der Waals surface area contributed by atoms with Gasteiger partial charge >= 0.3 is 0 Å². The average molecular weight is 297 g/mol. The van der Waals surface area contributed by atoms with E-state index >= 15 is 0 Å². The lowest BCUT2D eigenvalue weighted by Crippen LogP contribution is -1.96. The summed E-state index contributed by atoms with van der Waals surface area (Å²) in [4.78, 5) is 0. The molecule has 0 saturated carbocycles. The minimum atomic E-state index is 0.488. The van der Waals surface area contributed by atoms with Crippen LogP contribution in [-0.4, -0.2) is 7.11 Å². The molecule has 5 heteroatoms. The Bertz CT molecular complexity index is 564. The van der Waals surface area contributed by atoms with Crippen LogP contribution >= 0.6 is 23.2 Å². The van der Waals surface area contributed by atoms with Crippen LogP contribution in [0, 0.1) is 0 Å². The number of rotatable bonds is 4. The van der Waals surface area contributed by atoms with Crippen LogP contribution in [0.2, 0.25) is 10.0 Å². The number of hydrogen-bond donors (Lipinski definition) is 2. The fraction of sp³-hybridized carbons (Fsp3) is 0.143. The van der Waals surface area contributed by atoms with Crippen molar-refractivity contribution in [1.82, 2.24) is 0 Å². The van der Waals surface area contributed by atoms with Gasteiger partial charge in [0.1, 0.15) is 0 Å². The van der Waals surface area contributed by atoms with Crippen molar-refractivity contribution < 1.29 is 4.74 Å². The zero-order valence-electron chi connectivity index (χ0n) is 10.4. The van der Waals surface area contributed by atoms with Crippen LogP contribution in [-0.2, 0) is 11.3 Å². The lowest BCUT2D eigenvalue weighted by Gasteiger charge is -2.12. The van der Waals surface area contributed by atoms with Crippen molar-refractivity contribution in [2.45, 2.75) is 6.61 Å². The SMILES string of the molecule is COCc1cccc(Nc2c(Cl)cc(N)cc2Cl)c1. The molecule has 0 aromatic heterocycles. The monoisotopic (exact) mass is 296 g/mol. The number of halogens is 2. The molecule has 0 aliphatic rings. The molecule has 19 heavy (non-hydrogen) atoms. The van der Waals surface area contributed by atoms with E-state index in [2.05, 4.69) is 5.32 Å². The van der Waals surface area contributed by atoms with Crippen molar-refractivity contribution in [3.05, 3.63) is 52.0 Å². The first-order chi connectivity index (χ1) is 9.10. The van der Waals surface area contributed by atoms with E-state index in [1.807, 2.05) is 24.3 Å². The largest absolute Gasteiger partial charge is 0.399 e. The van der Waals surface area contributed by atoms with Crippen LogP contribution in [0.1, 0.15) is 5.56 Å². The first kappa shape index (κ1) is 14.0. The van der Waals surface area contributed by atoms with Gasteiger partial charge in [0, 0.05) is 18.5 Å². The highest BCUT2D eigenvalue weighted by Gasteiger charge is 2.08. The van der Waals surface area contributed by atoms with Crippen LogP contribution in [0.15, 0.2) is 36.4 Å². The molecule has 0 heterocycles. The molecule has 0 radical (unpaired) electrons. The Morgan fingerprint density at radius 1 is 1.16 bits per heavy atom. The average Bonchev–Trinajstić information content (AvgIpc) is 2.35. The van der Waals surface area contributed by atoms with Gasteiger partial charge in [-0.3, -0.25) is 0 Å². The highest BCUT2D eigenvalue weighted by atomic mass is 35.5. The number of hydrogen-bond acceptors (Lipinski definition) is 3. The molecule has 2 aromatic carbocycles. The minimum Gasteiger partial charge on any atom is -0.399 e. The smallest absolute Gasteiger partial charge is 0.0764 e. The molecule has 0 unspecified atom stereocenters. The quantitative estimate of drug-likeness (QED) is 0.819. The number of benzene rings is 2. The number of nitrogens with two attached hydrogens (primary N) is 1. The maximum absolute atomic E-state index is 6.13. The van der Waals surface area contributed by atoms with Crippen molar-refractivity contribution in [2.75, 3.05) is 18.2 Å². The van der Waals surface area contributed by atoms with Crippen LogP contribution in [0.25, 0.3) is 0 Å². The molecule has 0 fully saturated rings. The molecule has 2 aromatic rings. The van der Waals surface area contributed by atoms with Gasteiger partial charge in [0.15, 0.2) is 0 Å². The van der Waals surface area contributed by atoms with E-state index in [0.29, 0.717) is 28.0 Å². The van der Waals surface area contributed by atoms with E-state index in [-0.39, 0.29) is 0 Å². The van der Waals surface area contributed by atoms with Gasteiger partial charge in [-0.25, -0.2) is 0 Å². The maximum atomic E-state index is 6.13. The Labute approximate surface area is 122 Å². The second-order valence-corrected chi connectivity index (χ2v) is 4.93. The molecule has 3 nitrogen and oxygen atoms in total. The van der Waals surface area contributed by atoms with Gasteiger partial charge in [0.05, 0.1) is 22.3 Å². The highest BCUT2D eigenvalue weighted by Crippen LogP contribution is 2.35. The summed E-state index contributed by atoms with van der Waals surface area (Å²) in [6.45, 7) is 0.554. The Hall–Kier alpha value is -1.42. The van der Waals surface area contributed by atoms with E-state index in [9.17, 15) is 0 Å². The normalized spacial score (nSPS) is 10.5. The van der Waals surface area contributed by atoms with Gasteiger partial charge in [-0.1, -0.05) is 35.3 Å². The summed E-state index contributed by atoms with van der Waals surface area (Å²) in [5, 5.41) is 4.17. The lowest BCUT2D eigenvalue weighted by atomic mass is 10.2. The summed E-state index contributed by atoms with van der Waals surface area (Å²) in [5.74, 6) is 0. The van der Waals surface area contributed by atoms with Crippen LogP contribution in [0.3, 0.4) is 0 Å². The lowest BCUT2D eigenvalue weighted by molar-refractivity contribution is 0.185. The third-order valence-corrected chi connectivity index (χ3v) is 3.17. The van der Waals surface area contributed by atoms with Gasteiger partial charge in [0.2, 0.25) is 0 Å². The number of nitrogens with one attached hydrogen (secondary N) is 1. The highest BCUT2D eigenvalue weighted by molar-refractivity contribution is 6.39. The molecular formula is C14H14Cl2N2O. The molecule has 0 bridgehead atoms. The summed E-state index contributed by atoms with van der Waals surface area (Å²) >= 11 is 12.3. The van der Waals surface area contributed by atoms with Crippen LogP contribution < -0.4 is 11.1 Å². The maximum Gasteiger partial charge on any atom is 0.0764 e. The zero-order valence-corrected chi connectivity index (χ0v) is 11.9. The first-order valence-corrected chi connectivity index (χ1v) is 6.45. The summed E-state index contributed by atoms with van der Waals surface area (Å²) in [6.07, 6.45) is 0. The Morgan fingerprint density at radius 3 is 2.47 bits per heavy atom. The van der Waals surface area contributed by atoms with Crippen LogP contribution in [0.5, 0.6) is 0 Å². The standard InChI is InChI=1S/C14H14Cl2N2O/c1-19-8-9-3-2-4-11(5-9)18-14-12(15)6-10(17)7-13(14)16/h2-7,18H,8,17H2,1H3. The van der Waals surface area contributed by atoms with Gasteiger partial charge in [-0.15, -0.1) is 0 Å². The summed E-state index contributed by atoms with van der Waals surface area (Å²) in [7, 11) is 1.66. The fourth-order valence-corrected chi connectivity index (χ4v) is 2.36. The molecule has 100 valence electrons. The molecular weight excluding hydrogens is 283 g/mol. The molecule has 0 amide bonds. The van der Waals surface area contributed by atoms with Crippen LogP contribution in [0.4, 0.5) is 17.1 Å². The molecule has 0 aliphatic carbocycles. The van der Waals surface area contributed by atoms with E-state index in [0.717, 1.165) is 11.3 Å². The third kappa shape index (κ3) is 3.53. The number of methoxy groups -OCH3 is 1. The van der Waals surface area contributed by atoms with Gasteiger partial charge in [-0.2, -0.15) is 0 Å². The topological polar surface area (TPSA) is 47.3 Å². The number of nitrogen functional groups attached to an aromatic ring is 1. The third-order valence-electron chi connectivity index (χ3n) is 2.57. The van der Waals surface area contributed by atoms with Gasteiger partial charge in [0.25, 0.3) is 0 Å². The summed E-state index contributed by atoms with van der Waals surface area (Å²) < 4.78 is 5.10. The van der Waals surface area contributed by atoms with E-state index < -0.39 is 0 Å². The fourth-order valence-electron chi connectivity index (χ4n) is 1.76. The summed E-state index contributed by atoms with van der Waals surface area (Å²) in [5.41, 5.74) is 8.81. The zero-order chi connectivity index (χ0) is 13.8. The van der Waals surface area contributed by atoms with Crippen molar-refractivity contribution in [3.8, 4) is 0 Å². The second kappa shape index (κ2) is 6.15. The predicted molar refractivity (Wildman–Crippen MR) is 81.3 cm³/mol. The Morgan fingerprint density at radius 2 is 1.84 bits per heavy atom. The molecule has 3 N–H and O–H groups in total. The first-order valence-electron chi connectivity index (χ1n) is 5.69. The van der Waals surface area contributed by atoms with Crippen molar-refractivity contribution in [3.63, 3.8) is 0 Å². The number of anilines is 3.